The zero-order valence-electron chi connectivity index (χ0n) is 79.4. The molecule has 0 bridgehead atoms. The number of nitrogens with two attached hydrogens (primary N) is 1. The van der Waals surface area contributed by atoms with Gasteiger partial charge in [0.05, 0.1) is 12.1 Å². The largest absolute Gasteiger partial charge is 0.443 e. The third kappa shape index (κ3) is 23.0. The molecule has 8 aromatic rings. The van der Waals surface area contributed by atoms with Gasteiger partial charge in [-0.2, -0.15) is 14.7 Å². The molecule has 140 heavy (non-hydrogen) atoms. The van der Waals surface area contributed by atoms with Gasteiger partial charge in [-0.1, -0.05) is 147 Å². The number of benzene rings is 8. The van der Waals surface area contributed by atoms with Gasteiger partial charge in [0.1, 0.15) is 34.9 Å². The molecule has 16 amide bonds. The number of amides is 16. The van der Waals surface area contributed by atoms with E-state index in [9.17, 15) is 76.7 Å². The molecule has 5 atom stereocenters. The van der Waals surface area contributed by atoms with Crippen molar-refractivity contribution in [3.63, 3.8) is 0 Å². The van der Waals surface area contributed by atoms with Crippen molar-refractivity contribution in [3.05, 3.63) is 253 Å². The first-order valence-electron chi connectivity index (χ1n) is 46.7. The molecule has 5 fully saturated rings. The predicted octanol–water partition coefficient (Wildman–Crippen LogP) is 14.0. The van der Waals surface area contributed by atoms with E-state index in [-0.39, 0.29) is 93.1 Å². The number of alkyl halides is 2. The average molecular weight is 2040 g/mol. The summed E-state index contributed by atoms with van der Waals surface area (Å²) in [5, 5.41) is 20.7. The van der Waals surface area contributed by atoms with E-state index in [0.717, 1.165) is 77.9 Å². The number of likely N-dealkylation sites (tertiary alicyclic amines) is 3. The van der Waals surface area contributed by atoms with Crippen LogP contribution in [0.15, 0.2) is 164 Å². The molecule has 0 saturated carbocycles. The Kier molecular flexibility index (Phi) is 30.5. The summed E-state index contributed by atoms with van der Waals surface area (Å²) in [4.78, 5) is 213. The number of nitrogens with one attached hydrogen (secondary N) is 6. The van der Waals surface area contributed by atoms with E-state index in [1.807, 2.05) is 71.6 Å². The number of halogens is 2. The lowest BCUT2D eigenvalue weighted by atomic mass is 10.0. The second-order valence-corrected chi connectivity index (χ2v) is 40.0. The quantitative estimate of drug-likeness (QED) is 0.0171. The van der Waals surface area contributed by atoms with Gasteiger partial charge in [0, 0.05) is 177 Å². The first-order chi connectivity index (χ1) is 66.7. The Morgan fingerprint density at radius 1 is 0.336 bits per heavy atom. The summed E-state index contributed by atoms with van der Waals surface area (Å²) >= 11 is 6.78. The lowest BCUT2D eigenvalue weighted by Gasteiger charge is -2.35. The van der Waals surface area contributed by atoms with Crippen molar-refractivity contribution in [2.75, 3.05) is 27.0 Å². The molecule has 10 aliphatic rings. The highest BCUT2D eigenvalue weighted by atomic mass is 79.9. The van der Waals surface area contributed by atoms with Crippen LogP contribution in [0.2, 0.25) is 0 Å². The van der Waals surface area contributed by atoms with Crippen LogP contribution in [0.1, 0.15) is 230 Å². The zero-order valence-corrected chi connectivity index (χ0v) is 82.6. The molecule has 10 aliphatic heterocycles. The number of hydrogen-bond donors (Lipinski definition) is 7. The van der Waals surface area contributed by atoms with Crippen LogP contribution in [0.4, 0.5) is 42.8 Å². The molecule has 0 radical (unpaired) electrons. The highest BCUT2D eigenvalue weighted by Gasteiger charge is 2.51. The molecular formula is C104H113Br2N15O19. The maximum atomic E-state index is 13.6. The SMILES string of the molecule is BrCc1ccc(CBr)cc1.CC(C)(C)OC(=O)N1C(=O)CCC(N2Cc3c(N)cccc3C2=O)C1=O.CC(C)(C)OC(=O)N1C(=O)CCC(N2Cc3cccc(NCc4ccc(CNc5cccc6c5CN(C5CCC(=O)N(C(=O)OC(C)(C)C)C5=O)C6=O)cc4)c3C2)C1=O.O=C1CCC(N2Cc3cccc(NCc4ccc(CNc5cccc6c5CN(C5CCC(=O)NC5=O)C6=O)cc4)c3C2)C(=O)N1. The molecule has 36 heteroatoms. The molecule has 0 aromatic heterocycles. The standard InChI is InChI=1S/C44H50N6O9.C34H34N6O5.C18H21N3O5.C8H8Br2/c1-43(2,3)58-41(56)49-36(51)19-17-34(39(49)54)47-23-28-9-7-11-32(30(28)24-47)45-21-26-13-15-27(16-14-26)22-46-33-12-8-10-29-31(33)25-48(38(29)53)35-18-20-37(52)50(40(35)55)42(57)59-44(4,5)6;41-30-13-11-28(32(43)37-30)39-17-22-3-1-5-26(24(22)18-39)35-15-20-7-9-21(10-8-20)16-36-27-6-2-4-23-25(27)19-40(34(23)45)29-12-14-31(42)38-33(29)44;1-18(2,3)26-17(25)21-14(22)8-7-13(16(21)24)20-9-11-10(15(20)23)5-4-6-12(11)19;9-5-7-1-2-8(6-10)4-3-7/h7-16,34-35,45-46H,17-25H2,1-6H3;1-10,28-29,35-36H,11-19H2,(H,37,41,43)(H,38,42,44);4-6,13H,7-9,19H2,1-3H3;1-4H,5-6H2. The minimum Gasteiger partial charge on any atom is -0.443 e. The molecule has 0 aliphatic carbocycles. The predicted molar refractivity (Wildman–Crippen MR) is 524 cm³/mol. The van der Waals surface area contributed by atoms with Crippen molar-refractivity contribution in [3.8, 4) is 0 Å². The van der Waals surface area contributed by atoms with Crippen LogP contribution in [0, 0.1) is 0 Å². The molecule has 5 saturated heterocycles. The third-order valence-electron chi connectivity index (χ3n) is 25.7. The van der Waals surface area contributed by atoms with Gasteiger partial charge in [0.25, 0.3) is 35.4 Å². The number of nitrogen functional groups attached to an aromatic ring is 1. The number of fused-ring (bicyclic) bond motifs is 5. The number of piperidine rings is 5. The Morgan fingerprint density at radius 3 is 0.964 bits per heavy atom. The number of rotatable bonds is 19. The van der Waals surface area contributed by atoms with E-state index in [1.165, 1.54) is 32.1 Å². The molecule has 5 unspecified atom stereocenters. The van der Waals surface area contributed by atoms with E-state index in [1.54, 1.807) is 104 Å². The second-order valence-electron chi connectivity index (χ2n) is 38.9. The molecule has 8 N–H and O–H groups in total. The van der Waals surface area contributed by atoms with Crippen molar-refractivity contribution in [1.29, 1.82) is 0 Å². The summed E-state index contributed by atoms with van der Waals surface area (Å²) in [5.41, 5.74) is 22.6. The molecular weight excluding hydrogens is 1920 g/mol. The lowest BCUT2D eigenvalue weighted by Crippen LogP contribution is -2.57. The van der Waals surface area contributed by atoms with Crippen LogP contribution in [-0.2, 0) is 145 Å². The molecule has 8 aromatic carbocycles. The van der Waals surface area contributed by atoms with Crippen molar-refractivity contribution >= 4 is 155 Å². The maximum Gasteiger partial charge on any atom is 0.424 e. The number of carbonyl (C=O) groups is 16. The van der Waals surface area contributed by atoms with Crippen molar-refractivity contribution in [1.82, 2.24) is 49.8 Å². The monoisotopic (exact) mass is 2030 g/mol. The molecule has 10 heterocycles. The Labute approximate surface area is 827 Å². The van der Waals surface area contributed by atoms with E-state index in [0.29, 0.717) is 127 Å². The van der Waals surface area contributed by atoms with Crippen LogP contribution >= 0.6 is 31.9 Å². The smallest absolute Gasteiger partial charge is 0.424 e. The summed E-state index contributed by atoms with van der Waals surface area (Å²) < 4.78 is 15.8. The minimum atomic E-state index is -1.04. The summed E-state index contributed by atoms with van der Waals surface area (Å²) in [6, 6.07) is 49.7. The topological polar surface area (TPSA) is 425 Å². The normalized spacial score (nSPS) is 19.7. The number of hydrogen-bond acceptors (Lipinski definition) is 26. The maximum absolute atomic E-state index is 13.6. The Bertz CT molecular complexity index is 6250. The number of anilines is 5. The highest BCUT2D eigenvalue weighted by molar-refractivity contribution is 9.08. The first-order valence-corrected chi connectivity index (χ1v) is 48.9. The molecule has 732 valence electrons. The Balaban J connectivity index is 0.000000160. The van der Waals surface area contributed by atoms with E-state index in [2.05, 4.69) is 129 Å². The van der Waals surface area contributed by atoms with Gasteiger partial charge in [-0.25, -0.2) is 14.4 Å². The van der Waals surface area contributed by atoms with E-state index < -0.39 is 101 Å². The van der Waals surface area contributed by atoms with Crippen molar-refractivity contribution in [2.24, 2.45) is 0 Å². The number of ether oxygens (including phenoxy) is 3. The Hall–Kier alpha value is -13.8. The van der Waals surface area contributed by atoms with E-state index >= 15 is 0 Å². The molecule has 0 spiro atoms. The fraction of sp³-hybridized carbons (Fsp3) is 0.385. The van der Waals surface area contributed by atoms with Crippen LogP contribution in [-0.4, -0.2) is 181 Å². The molecule has 18 rings (SSSR count). The van der Waals surface area contributed by atoms with E-state index in [4.69, 9.17) is 19.9 Å². The third-order valence-corrected chi connectivity index (χ3v) is 27.0. The van der Waals surface area contributed by atoms with Gasteiger partial charge in [-0.3, -0.25) is 82.8 Å². The zero-order chi connectivity index (χ0) is 100. The Morgan fingerprint density at radius 2 is 0.621 bits per heavy atom. The van der Waals surface area contributed by atoms with Gasteiger partial charge in [-0.15, -0.1) is 0 Å². The number of carbonyl (C=O) groups excluding carboxylic acids is 16. The van der Waals surface area contributed by atoms with Crippen molar-refractivity contribution in [2.45, 2.75) is 256 Å². The van der Waals surface area contributed by atoms with Gasteiger partial charge >= 0.3 is 18.3 Å². The molecule has 34 nitrogen and oxygen atoms in total. The summed E-state index contributed by atoms with van der Waals surface area (Å²) in [7, 11) is 0. The first kappa shape index (κ1) is 101. The van der Waals surface area contributed by atoms with Gasteiger partial charge in [-0.05, 0) is 199 Å². The summed E-state index contributed by atoms with van der Waals surface area (Å²) in [6.45, 7) is 20.2. The van der Waals surface area contributed by atoms with Gasteiger partial charge in [0.2, 0.25) is 41.4 Å². The lowest BCUT2D eigenvalue weighted by molar-refractivity contribution is -0.153. The highest BCUT2D eigenvalue weighted by Crippen LogP contribution is 2.41. The van der Waals surface area contributed by atoms with Crippen molar-refractivity contribution < 1.29 is 90.9 Å². The second kappa shape index (κ2) is 42.5. The van der Waals surface area contributed by atoms with Crippen LogP contribution in [0.5, 0.6) is 0 Å². The minimum absolute atomic E-state index is 0.0226. The fourth-order valence-electron chi connectivity index (χ4n) is 18.6. The summed E-state index contributed by atoms with van der Waals surface area (Å²) in [5.74, 6) is -5.84. The van der Waals surface area contributed by atoms with Crippen LogP contribution < -0.4 is 37.6 Å². The van der Waals surface area contributed by atoms with Gasteiger partial charge in [0.15, 0.2) is 0 Å². The van der Waals surface area contributed by atoms with Gasteiger partial charge < -0.3 is 55.9 Å². The average Bonchev–Trinajstić information content (AvgIpc) is 1.61. The van der Waals surface area contributed by atoms with Crippen LogP contribution in [0.25, 0.3) is 0 Å². The fourth-order valence-corrected chi connectivity index (χ4v) is 19.4. The van der Waals surface area contributed by atoms with Crippen LogP contribution in [0.3, 0.4) is 0 Å². The summed E-state index contributed by atoms with van der Waals surface area (Å²) in [6.07, 6.45) is -0.900. The number of nitrogens with zero attached hydrogens (tertiary/aromatic N) is 8. The number of imide groups is 11.